The van der Waals surface area contributed by atoms with Gasteiger partial charge < -0.3 is 14.4 Å². The molecule has 2 aromatic heterocycles. The van der Waals surface area contributed by atoms with Gasteiger partial charge in [0.2, 0.25) is 4.96 Å². The molecule has 28 heavy (non-hydrogen) atoms. The van der Waals surface area contributed by atoms with Gasteiger partial charge in [0.15, 0.2) is 5.82 Å². The molecule has 2 aromatic carbocycles. The fraction of sp³-hybridized carbons (Fsp3) is 0.250. The van der Waals surface area contributed by atoms with Crippen LogP contribution in [0.2, 0.25) is 0 Å². The first-order chi connectivity index (χ1) is 13.8. The summed E-state index contributed by atoms with van der Waals surface area (Å²) in [5, 5.41) is 14.3. The number of anilines is 1. The summed E-state index contributed by atoms with van der Waals surface area (Å²) in [5.74, 6) is 1.43. The second-order valence-electron chi connectivity index (χ2n) is 6.47. The molecule has 1 fully saturated rings. The molecule has 3 heterocycles. The van der Waals surface area contributed by atoms with E-state index in [2.05, 4.69) is 39.4 Å². The summed E-state index contributed by atoms with van der Waals surface area (Å²) in [5.41, 5.74) is 3.15. The van der Waals surface area contributed by atoms with E-state index in [4.69, 9.17) is 14.6 Å². The first kappa shape index (κ1) is 17.2. The number of fused-ring (bicyclic) bond motifs is 1. The van der Waals surface area contributed by atoms with Crippen LogP contribution in [-0.2, 0) is 4.74 Å². The van der Waals surface area contributed by atoms with Crippen molar-refractivity contribution in [2.75, 3.05) is 38.3 Å². The average Bonchev–Trinajstić information content (AvgIpc) is 3.35. The number of methoxy groups -OCH3 is 1. The summed E-state index contributed by atoms with van der Waals surface area (Å²) >= 11 is 1.52. The van der Waals surface area contributed by atoms with Gasteiger partial charge in [-0.3, -0.25) is 0 Å². The van der Waals surface area contributed by atoms with E-state index in [9.17, 15) is 0 Å². The number of nitrogens with zero attached hydrogens (tertiary/aromatic N) is 5. The molecule has 0 bridgehead atoms. The molecule has 1 aliphatic heterocycles. The Morgan fingerprint density at radius 1 is 1.00 bits per heavy atom. The van der Waals surface area contributed by atoms with E-state index in [1.807, 2.05) is 24.3 Å². The molecule has 0 spiro atoms. The van der Waals surface area contributed by atoms with Crippen LogP contribution in [0.25, 0.3) is 26.9 Å². The third kappa shape index (κ3) is 3.00. The van der Waals surface area contributed by atoms with E-state index in [0.29, 0.717) is 5.82 Å². The average molecular weight is 393 g/mol. The summed E-state index contributed by atoms with van der Waals surface area (Å²) < 4.78 is 12.7. The number of para-hydroxylation sites is 1. The molecule has 4 aromatic rings. The van der Waals surface area contributed by atoms with Crippen LogP contribution in [0.5, 0.6) is 5.75 Å². The standard InChI is InChI=1S/C20H19N5O2S/c1-26-17-5-3-2-4-16(17)18-21-22-20-25(18)23-19(28-20)14-6-8-15(9-7-14)24-10-12-27-13-11-24/h2-9H,10-13H2,1H3. The van der Waals surface area contributed by atoms with Gasteiger partial charge in [-0.15, -0.1) is 10.2 Å². The van der Waals surface area contributed by atoms with Crippen LogP contribution in [-0.4, -0.2) is 53.2 Å². The zero-order chi connectivity index (χ0) is 18.9. The highest BCUT2D eigenvalue weighted by Gasteiger charge is 2.17. The molecule has 7 nitrogen and oxygen atoms in total. The molecule has 1 aliphatic rings. The van der Waals surface area contributed by atoms with Crippen molar-refractivity contribution >= 4 is 22.0 Å². The van der Waals surface area contributed by atoms with Crippen molar-refractivity contribution in [1.29, 1.82) is 0 Å². The molecule has 0 N–H and O–H groups in total. The lowest BCUT2D eigenvalue weighted by atomic mass is 10.2. The zero-order valence-corrected chi connectivity index (χ0v) is 16.2. The van der Waals surface area contributed by atoms with Crippen molar-refractivity contribution < 1.29 is 9.47 Å². The Bertz CT molecular complexity index is 1100. The van der Waals surface area contributed by atoms with E-state index in [0.717, 1.165) is 53.1 Å². The molecule has 5 rings (SSSR count). The molecule has 0 saturated carbocycles. The molecule has 0 atom stereocenters. The highest BCUT2D eigenvalue weighted by atomic mass is 32.1. The third-order valence-electron chi connectivity index (χ3n) is 4.83. The molecule has 8 heteroatoms. The topological polar surface area (TPSA) is 64.8 Å². The van der Waals surface area contributed by atoms with Gasteiger partial charge in [0.05, 0.1) is 25.9 Å². The minimum absolute atomic E-state index is 0.680. The first-order valence-electron chi connectivity index (χ1n) is 9.12. The van der Waals surface area contributed by atoms with Crippen molar-refractivity contribution in [2.24, 2.45) is 0 Å². The summed E-state index contributed by atoms with van der Waals surface area (Å²) in [4.78, 5) is 3.10. The SMILES string of the molecule is COc1ccccc1-c1nnc2sc(-c3ccc(N4CCOCC4)cc3)nn12. The Hall–Kier alpha value is -2.97. The van der Waals surface area contributed by atoms with Gasteiger partial charge in [0.25, 0.3) is 0 Å². The van der Waals surface area contributed by atoms with Crippen LogP contribution in [0.1, 0.15) is 0 Å². The van der Waals surface area contributed by atoms with Gasteiger partial charge in [-0.25, -0.2) is 0 Å². The van der Waals surface area contributed by atoms with Crippen LogP contribution in [0, 0.1) is 0 Å². The minimum atomic E-state index is 0.680. The molecule has 0 unspecified atom stereocenters. The number of benzene rings is 2. The normalized spacial score (nSPS) is 14.5. The number of hydrogen-bond acceptors (Lipinski definition) is 7. The fourth-order valence-electron chi connectivity index (χ4n) is 3.37. The van der Waals surface area contributed by atoms with Crippen molar-refractivity contribution in [1.82, 2.24) is 19.8 Å². The zero-order valence-electron chi connectivity index (χ0n) is 15.4. The summed E-state index contributed by atoms with van der Waals surface area (Å²) in [6.07, 6.45) is 0. The van der Waals surface area contributed by atoms with Crippen molar-refractivity contribution in [3.63, 3.8) is 0 Å². The van der Waals surface area contributed by atoms with Crippen LogP contribution < -0.4 is 9.64 Å². The van der Waals surface area contributed by atoms with Crippen LogP contribution >= 0.6 is 11.3 Å². The van der Waals surface area contributed by atoms with Gasteiger partial charge >= 0.3 is 0 Å². The fourth-order valence-corrected chi connectivity index (χ4v) is 4.21. The minimum Gasteiger partial charge on any atom is -0.496 e. The quantitative estimate of drug-likeness (QED) is 0.530. The molecule has 0 amide bonds. The molecule has 0 aliphatic carbocycles. The predicted octanol–water partition coefficient (Wildman–Crippen LogP) is 3.37. The molecule has 0 radical (unpaired) electrons. The van der Waals surface area contributed by atoms with Gasteiger partial charge in [-0.1, -0.05) is 23.5 Å². The van der Waals surface area contributed by atoms with Crippen molar-refractivity contribution in [3.05, 3.63) is 48.5 Å². The Balaban J connectivity index is 1.48. The number of ether oxygens (including phenoxy) is 2. The maximum atomic E-state index is 5.46. The number of hydrogen-bond donors (Lipinski definition) is 0. The molecule has 142 valence electrons. The summed E-state index contributed by atoms with van der Waals surface area (Å²) in [6.45, 7) is 3.42. The summed E-state index contributed by atoms with van der Waals surface area (Å²) in [7, 11) is 1.65. The second kappa shape index (κ2) is 7.21. The smallest absolute Gasteiger partial charge is 0.235 e. The van der Waals surface area contributed by atoms with E-state index in [1.165, 1.54) is 17.0 Å². The van der Waals surface area contributed by atoms with Gasteiger partial charge in [0.1, 0.15) is 10.8 Å². The maximum Gasteiger partial charge on any atom is 0.235 e. The highest BCUT2D eigenvalue weighted by molar-refractivity contribution is 7.19. The summed E-state index contributed by atoms with van der Waals surface area (Å²) in [6, 6.07) is 16.3. The number of aromatic nitrogens is 4. The molecular weight excluding hydrogens is 374 g/mol. The maximum absolute atomic E-state index is 5.46. The van der Waals surface area contributed by atoms with E-state index in [1.54, 1.807) is 11.6 Å². The predicted molar refractivity (Wildman–Crippen MR) is 109 cm³/mol. The first-order valence-corrected chi connectivity index (χ1v) is 9.94. The molecular formula is C20H19N5O2S. The van der Waals surface area contributed by atoms with E-state index >= 15 is 0 Å². The lowest BCUT2D eigenvalue weighted by Gasteiger charge is -2.28. The van der Waals surface area contributed by atoms with Crippen molar-refractivity contribution in [2.45, 2.75) is 0 Å². The Morgan fingerprint density at radius 3 is 2.57 bits per heavy atom. The van der Waals surface area contributed by atoms with Crippen LogP contribution in [0.3, 0.4) is 0 Å². The Kier molecular flexibility index (Phi) is 4.42. The Morgan fingerprint density at radius 2 is 1.79 bits per heavy atom. The Labute approximate surface area is 166 Å². The highest BCUT2D eigenvalue weighted by Crippen LogP contribution is 2.32. The number of morpholine rings is 1. The van der Waals surface area contributed by atoms with Crippen LogP contribution in [0.15, 0.2) is 48.5 Å². The van der Waals surface area contributed by atoms with E-state index < -0.39 is 0 Å². The molecule has 1 saturated heterocycles. The second-order valence-corrected chi connectivity index (χ2v) is 7.43. The van der Waals surface area contributed by atoms with Gasteiger partial charge in [0, 0.05) is 24.3 Å². The number of rotatable bonds is 4. The third-order valence-corrected chi connectivity index (χ3v) is 5.78. The largest absolute Gasteiger partial charge is 0.496 e. The van der Waals surface area contributed by atoms with E-state index in [-0.39, 0.29) is 0 Å². The lowest BCUT2D eigenvalue weighted by molar-refractivity contribution is 0.122. The van der Waals surface area contributed by atoms with Gasteiger partial charge in [-0.05, 0) is 36.4 Å². The van der Waals surface area contributed by atoms with Gasteiger partial charge in [-0.2, -0.15) is 9.61 Å². The lowest BCUT2D eigenvalue weighted by Crippen LogP contribution is -2.36. The monoisotopic (exact) mass is 393 g/mol. The van der Waals surface area contributed by atoms with Crippen molar-refractivity contribution in [3.8, 4) is 27.7 Å². The van der Waals surface area contributed by atoms with Crippen LogP contribution in [0.4, 0.5) is 5.69 Å².